The molecule has 5 heteroatoms. The van der Waals surface area contributed by atoms with E-state index in [-0.39, 0.29) is 0 Å². The zero-order valence-corrected chi connectivity index (χ0v) is 10.3. The van der Waals surface area contributed by atoms with Crippen LogP contribution in [0.25, 0.3) is 0 Å². The van der Waals surface area contributed by atoms with Gasteiger partial charge in [-0.25, -0.2) is 0 Å². The Morgan fingerprint density at radius 1 is 1.47 bits per heavy atom. The fourth-order valence-electron chi connectivity index (χ4n) is 1.33. The summed E-state index contributed by atoms with van der Waals surface area (Å²) in [7, 11) is 0. The smallest absolute Gasteiger partial charge is 0.216 e. The Morgan fingerprint density at radius 3 is 2.67 bits per heavy atom. The molecular formula is C10H18N4S. The Bertz CT molecular complexity index is 373. The maximum Gasteiger partial charge on any atom is 0.216 e. The van der Waals surface area contributed by atoms with Crippen LogP contribution in [-0.2, 0) is 6.42 Å². The lowest BCUT2D eigenvalue weighted by molar-refractivity contribution is 0.644. The van der Waals surface area contributed by atoms with Gasteiger partial charge in [-0.05, 0) is 31.0 Å². The Labute approximate surface area is 95.4 Å². The van der Waals surface area contributed by atoms with Crippen LogP contribution in [0.4, 0.5) is 0 Å². The van der Waals surface area contributed by atoms with Crippen molar-refractivity contribution in [3.8, 4) is 0 Å². The first-order valence-electron chi connectivity index (χ1n) is 5.43. The summed E-state index contributed by atoms with van der Waals surface area (Å²) in [5, 5.41) is 11.2. The van der Waals surface area contributed by atoms with Gasteiger partial charge in [0.25, 0.3) is 0 Å². The first kappa shape index (κ1) is 12.1. The summed E-state index contributed by atoms with van der Waals surface area (Å²) in [4.78, 5) is 0. The molecule has 0 saturated carbocycles. The molecule has 1 aromatic heterocycles. The van der Waals surface area contributed by atoms with Gasteiger partial charge in [-0.2, -0.15) is 14.9 Å². The fourth-order valence-corrected chi connectivity index (χ4v) is 1.53. The second kappa shape index (κ2) is 5.80. The molecule has 1 rings (SSSR count). The maximum absolute atomic E-state index is 5.09. The summed E-state index contributed by atoms with van der Waals surface area (Å²) < 4.78 is 2.27. The van der Waals surface area contributed by atoms with Crippen molar-refractivity contribution >= 4 is 18.4 Å². The first-order chi connectivity index (χ1) is 7.22. The fraction of sp³-hybridized carbons (Fsp3) is 0.700. The molecular weight excluding hydrogens is 208 g/mol. The molecule has 1 aromatic rings. The number of rotatable bonds is 5. The van der Waals surface area contributed by atoms with Crippen LogP contribution in [-0.4, -0.2) is 21.1 Å². The number of hydrogen-bond acceptors (Lipinski definition) is 3. The summed E-state index contributed by atoms with van der Waals surface area (Å²) in [6.45, 7) is 6.36. The zero-order chi connectivity index (χ0) is 11.3. The van der Waals surface area contributed by atoms with Gasteiger partial charge < -0.3 is 0 Å². The molecule has 0 bridgehead atoms. The molecule has 1 heterocycles. The van der Waals surface area contributed by atoms with Gasteiger partial charge in [0.05, 0.1) is 0 Å². The minimum Gasteiger partial charge on any atom is -0.250 e. The lowest BCUT2D eigenvalue weighted by Gasteiger charge is -2.04. The molecule has 15 heavy (non-hydrogen) atoms. The van der Waals surface area contributed by atoms with E-state index in [4.69, 9.17) is 12.2 Å². The molecule has 84 valence electrons. The molecule has 0 spiro atoms. The average molecular weight is 226 g/mol. The van der Waals surface area contributed by atoms with Crippen molar-refractivity contribution in [2.45, 2.75) is 40.0 Å². The van der Waals surface area contributed by atoms with E-state index < -0.39 is 0 Å². The molecule has 0 amide bonds. The topological polar surface area (TPSA) is 46.0 Å². The van der Waals surface area contributed by atoms with Crippen molar-refractivity contribution in [2.24, 2.45) is 11.0 Å². The van der Waals surface area contributed by atoms with Crippen LogP contribution in [0.2, 0.25) is 0 Å². The van der Waals surface area contributed by atoms with Gasteiger partial charge >= 0.3 is 0 Å². The summed E-state index contributed by atoms with van der Waals surface area (Å²) in [6, 6.07) is 0. The number of aryl methyl sites for hydroxylation is 1. The minimum absolute atomic E-state index is 0.520. The Hall–Kier alpha value is -0.970. The Balaban J connectivity index is 2.87. The third-order valence-corrected chi connectivity index (χ3v) is 2.74. The average Bonchev–Trinajstić information content (AvgIpc) is 2.61. The molecule has 0 atom stereocenters. The van der Waals surface area contributed by atoms with Crippen molar-refractivity contribution in [1.29, 1.82) is 0 Å². The van der Waals surface area contributed by atoms with Gasteiger partial charge in [0.2, 0.25) is 4.77 Å². The summed E-state index contributed by atoms with van der Waals surface area (Å²) in [5.74, 6) is 1.40. The second-order valence-electron chi connectivity index (χ2n) is 3.45. The number of aromatic amines is 1. The van der Waals surface area contributed by atoms with Gasteiger partial charge in [0.15, 0.2) is 5.82 Å². The molecule has 0 radical (unpaired) electrons. The van der Waals surface area contributed by atoms with E-state index in [1.165, 1.54) is 0 Å². The van der Waals surface area contributed by atoms with E-state index in [1.807, 2.05) is 13.1 Å². The molecule has 4 nitrogen and oxygen atoms in total. The molecule has 0 aliphatic rings. The highest BCUT2D eigenvalue weighted by Crippen LogP contribution is 2.05. The standard InChI is InChI=1S/C10H18N4S/c1-4-8(5-2)7-11-14-9(6-3)12-13-10(14)15/h7-8H,4-6H2,1-3H3,(H,13,15)/b11-7-. The predicted octanol–water partition coefficient (Wildman–Crippen LogP) is 2.77. The van der Waals surface area contributed by atoms with Crippen molar-refractivity contribution in [3.63, 3.8) is 0 Å². The number of H-pyrrole nitrogens is 1. The van der Waals surface area contributed by atoms with Crippen molar-refractivity contribution in [3.05, 3.63) is 10.6 Å². The highest BCUT2D eigenvalue weighted by molar-refractivity contribution is 7.71. The number of aromatic nitrogens is 3. The Kier molecular flexibility index (Phi) is 4.68. The zero-order valence-electron chi connectivity index (χ0n) is 9.53. The highest BCUT2D eigenvalue weighted by Gasteiger charge is 2.03. The molecule has 0 saturated heterocycles. The van der Waals surface area contributed by atoms with Crippen LogP contribution >= 0.6 is 12.2 Å². The first-order valence-corrected chi connectivity index (χ1v) is 5.84. The van der Waals surface area contributed by atoms with Gasteiger partial charge in [0.1, 0.15) is 0 Å². The van der Waals surface area contributed by atoms with Crippen molar-refractivity contribution in [2.75, 3.05) is 0 Å². The summed E-state index contributed by atoms with van der Waals surface area (Å²) in [5.41, 5.74) is 0. The van der Waals surface area contributed by atoms with Crippen LogP contribution in [0.15, 0.2) is 5.10 Å². The molecule has 0 fully saturated rings. The lowest BCUT2D eigenvalue weighted by Crippen LogP contribution is -2.02. The summed E-state index contributed by atoms with van der Waals surface area (Å²) in [6.07, 6.45) is 5.00. The van der Waals surface area contributed by atoms with E-state index in [9.17, 15) is 0 Å². The van der Waals surface area contributed by atoms with E-state index in [0.29, 0.717) is 10.7 Å². The molecule has 0 aliphatic heterocycles. The number of hydrogen-bond donors (Lipinski definition) is 1. The number of nitrogens with one attached hydrogen (secondary N) is 1. The van der Waals surface area contributed by atoms with Crippen LogP contribution in [0.5, 0.6) is 0 Å². The lowest BCUT2D eigenvalue weighted by atomic mass is 10.1. The predicted molar refractivity (Wildman–Crippen MR) is 64.8 cm³/mol. The van der Waals surface area contributed by atoms with Crippen molar-refractivity contribution < 1.29 is 0 Å². The molecule has 0 aromatic carbocycles. The van der Waals surface area contributed by atoms with E-state index in [1.54, 1.807) is 4.68 Å². The SMILES string of the molecule is CCc1n[nH]c(=S)n1/N=C\C(CC)CC. The molecule has 0 aliphatic carbocycles. The Morgan fingerprint density at radius 2 is 2.13 bits per heavy atom. The quantitative estimate of drug-likeness (QED) is 0.620. The van der Waals surface area contributed by atoms with Gasteiger partial charge in [-0.15, -0.1) is 0 Å². The minimum atomic E-state index is 0.520. The van der Waals surface area contributed by atoms with E-state index in [2.05, 4.69) is 29.1 Å². The van der Waals surface area contributed by atoms with Crippen LogP contribution in [0, 0.1) is 10.7 Å². The van der Waals surface area contributed by atoms with E-state index in [0.717, 1.165) is 25.1 Å². The van der Waals surface area contributed by atoms with Gasteiger partial charge in [-0.1, -0.05) is 20.8 Å². The summed E-state index contributed by atoms with van der Waals surface area (Å²) >= 11 is 5.09. The maximum atomic E-state index is 5.09. The monoisotopic (exact) mass is 226 g/mol. The van der Waals surface area contributed by atoms with Crippen LogP contribution < -0.4 is 0 Å². The molecule has 0 unspecified atom stereocenters. The molecule has 1 N–H and O–H groups in total. The van der Waals surface area contributed by atoms with Crippen LogP contribution in [0.3, 0.4) is 0 Å². The van der Waals surface area contributed by atoms with E-state index >= 15 is 0 Å². The van der Waals surface area contributed by atoms with Crippen molar-refractivity contribution in [1.82, 2.24) is 14.9 Å². The van der Waals surface area contributed by atoms with Gasteiger partial charge in [-0.3, -0.25) is 5.10 Å². The third-order valence-electron chi connectivity index (χ3n) is 2.48. The highest BCUT2D eigenvalue weighted by atomic mass is 32.1. The number of nitrogens with zero attached hydrogens (tertiary/aromatic N) is 3. The largest absolute Gasteiger partial charge is 0.250 e. The van der Waals surface area contributed by atoms with Crippen LogP contribution in [0.1, 0.15) is 39.4 Å². The normalized spacial score (nSPS) is 11.7. The van der Waals surface area contributed by atoms with Gasteiger partial charge in [0, 0.05) is 12.6 Å². The second-order valence-corrected chi connectivity index (χ2v) is 3.84. The third kappa shape index (κ3) is 2.99.